The number of carbonyl (C=O) groups excluding carboxylic acids is 1. The van der Waals surface area contributed by atoms with Crippen molar-refractivity contribution in [2.75, 3.05) is 7.05 Å². The first-order valence-electron chi connectivity index (χ1n) is 2.23. The summed E-state index contributed by atoms with van der Waals surface area (Å²) in [5, 5.41) is 10.5. The van der Waals surface area contributed by atoms with Crippen molar-refractivity contribution in [2.24, 2.45) is 0 Å². The number of aliphatic hydroxyl groups is 1. The molecule has 0 radical (unpaired) electrons. The van der Waals surface area contributed by atoms with E-state index in [9.17, 15) is 4.79 Å². The second kappa shape index (κ2) is 3.26. The van der Waals surface area contributed by atoms with E-state index < -0.39 is 12.4 Å². The maximum Gasteiger partial charge on any atom is 0.409 e. The van der Waals surface area contributed by atoms with Crippen LogP contribution in [0.25, 0.3) is 0 Å². The van der Waals surface area contributed by atoms with E-state index in [2.05, 4.69) is 10.1 Å². The Morgan fingerprint density at radius 3 is 2.50 bits per heavy atom. The van der Waals surface area contributed by atoms with Gasteiger partial charge < -0.3 is 15.2 Å². The van der Waals surface area contributed by atoms with Crippen molar-refractivity contribution in [2.45, 2.75) is 13.2 Å². The summed E-state index contributed by atoms with van der Waals surface area (Å²) >= 11 is 0. The van der Waals surface area contributed by atoms with Gasteiger partial charge in [-0.3, -0.25) is 0 Å². The first-order valence-corrected chi connectivity index (χ1v) is 2.23. The minimum Gasteiger partial charge on any atom is -0.420 e. The van der Waals surface area contributed by atoms with Crippen LogP contribution >= 0.6 is 0 Å². The van der Waals surface area contributed by atoms with Gasteiger partial charge in [-0.05, 0) is 6.92 Å². The van der Waals surface area contributed by atoms with E-state index in [0.717, 1.165) is 0 Å². The summed E-state index contributed by atoms with van der Waals surface area (Å²) in [5.41, 5.74) is 0. The molecule has 0 aliphatic rings. The number of aliphatic hydroxyl groups excluding tert-OH is 1. The lowest BCUT2D eigenvalue weighted by atomic mass is 10.8. The molecule has 48 valence electrons. The Labute approximate surface area is 47.5 Å². The highest BCUT2D eigenvalue weighted by Crippen LogP contribution is 1.82. The minimum atomic E-state index is -1.03. The first-order chi connectivity index (χ1) is 3.66. The molecule has 0 aromatic rings. The predicted octanol–water partition coefficient (Wildman–Crippen LogP) is -0.319. The molecule has 2 N–H and O–H groups in total. The van der Waals surface area contributed by atoms with E-state index in [4.69, 9.17) is 5.11 Å². The molecule has 0 heterocycles. The van der Waals surface area contributed by atoms with Crippen molar-refractivity contribution in [3.63, 3.8) is 0 Å². The van der Waals surface area contributed by atoms with Crippen LogP contribution in [0.15, 0.2) is 0 Å². The van der Waals surface area contributed by atoms with Crippen LogP contribution in [0.3, 0.4) is 0 Å². The molecule has 0 saturated heterocycles. The number of carbonyl (C=O) groups is 1. The lowest BCUT2D eigenvalue weighted by molar-refractivity contribution is -0.0364. The fraction of sp³-hybridized carbons (Fsp3) is 0.750. The van der Waals surface area contributed by atoms with E-state index in [-0.39, 0.29) is 0 Å². The van der Waals surface area contributed by atoms with E-state index in [1.165, 1.54) is 14.0 Å². The van der Waals surface area contributed by atoms with Crippen molar-refractivity contribution in [1.82, 2.24) is 5.32 Å². The lowest BCUT2D eigenvalue weighted by Crippen LogP contribution is -2.23. The summed E-state index contributed by atoms with van der Waals surface area (Å²) in [6, 6.07) is 0. The van der Waals surface area contributed by atoms with Crippen molar-refractivity contribution in [3.8, 4) is 0 Å². The quantitative estimate of drug-likeness (QED) is 0.465. The number of hydrogen-bond donors (Lipinski definition) is 2. The molecule has 0 saturated carbocycles. The number of hydrogen-bond acceptors (Lipinski definition) is 3. The number of amides is 1. The Kier molecular flexibility index (Phi) is 2.95. The summed E-state index contributed by atoms with van der Waals surface area (Å²) in [4.78, 5) is 10.1. The molecule has 0 aliphatic heterocycles. The maximum absolute atomic E-state index is 10.1. The zero-order chi connectivity index (χ0) is 6.57. The van der Waals surface area contributed by atoms with Crippen molar-refractivity contribution >= 4 is 6.09 Å². The number of rotatable bonds is 1. The highest BCUT2D eigenvalue weighted by molar-refractivity contribution is 5.66. The van der Waals surface area contributed by atoms with Gasteiger partial charge in [0.25, 0.3) is 0 Å². The highest BCUT2D eigenvalue weighted by Gasteiger charge is 1.99. The largest absolute Gasteiger partial charge is 0.420 e. The van der Waals surface area contributed by atoms with Gasteiger partial charge in [0.05, 0.1) is 0 Å². The van der Waals surface area contributed by atoms with E-state index in [1.54, 1.807) is 0 Å². The fourth-order valence-electron chi connectivity index (χ4n) is 0.214. The van der Waals surface area contributed by atoms with Crippen molar-refractivity contribution in [1.29, 1.82) is 0 Å². The Bertz CT molecular complexity index is 81.4. The summed E-state index contributed by atoms with van der Waals surface area (Å²) < 4.78 is 4.20. The van der Waals surface area contributed by atoms with E-state index in [0.29, 0.717) is 0 Å². The monoisotopic (exact) mass is 119 g/mol. The van der Waals surface area contributed by atoms with Gasteiger partial charge in [-0.1, -0.05) is 0 Å². The summed E-state index contributed by atoms with van der Waals surface area (Å²) in [6.45, 7) is 1.36. The minimum absolute atomic E-state index is 0.625. The van der Waals surface area contributed by atoms with Crippen LogP contribution in [-0.2, 0) is 4.74 Å². The van der Waals surface area contributed by atoms with Crippen LogP contribution in [-0.4, -0.2) is 24.5 Å². The molecule has 4 heteroatoms. The molecule has 0 aromatic heterocycles. The maximum atomic E-state index is 10.1. The molecule has 0 aromatic carbocycles. The molecule has 0 spiro atoms. The summed E-state index contributed by atoms with van der Waals surface area (Å²) in [7, 11) is 1.42. The van der Waals surface area contributed by atoms with Crippen LogP contribution < -0.4 is 5.32 Å². The van der Waals surface area contributed by atoms with Crippen LogP contribution in [0.2, 0.25) is 0 Å². The smallest absolute Gasteiger partial charge is 0.409 e. The Balaban J connectivity index is 3.25. The first kappa shape index (κ1) is 7.23. The molecule has 4 nitrogen and oxygen atoms in total. The highest BCUT2D eigenvalue weighted by atomic mass is 16.6. The molecule has 0 fully saturated rings. The van der Waals surface area contributed by atoms with Crippen molar-refractivity contribution in [3.05, 3.63) is 0 Å². The van der Waals surface area contributed by atoms with Crippen LogP contribution in [0, 0.1) is 0 Å². The van der Waals surface area contributed by atoms with Gasteiger partial charge in [-0.2, -0.15) is 0 Å². The standard InChI is InChI=1S/C4H9NO3/c1-3(6)8-4(7)5-2/h3,6H,1-2H3,(H,5,7). The molecule has 0 bridgehead atoms. The van der Waals surface area contributed by atoms with Crippen LogP contribution in [0.5, 0.6) is 0 Å². The molecular weight excluding hydrogens is 110 g/mol. The molecule has 1 amide bonds. The number of nitrogens with one attached hydrogen (secondary N) is 1. The van der Waals surface area contributed by atoms with Gasteiger partial charge in [0.1, 0.15) is 0 Å². The predicted molar refractivity (Wildman–Crippen MR) is 27.2 cm³/mol. The van der Waals surface area contributed by atoms with E-state index >= 15 is 0 Å². The van der Waals surface area contributed by atoms with Gasteiger partial charge >= 0.3 is 6.09 Å². The van der Waals surface area contributed by atoms with Crippen LogP contribution in [0.1, 0.15) is 6.92 Å². The molecule has 1 unspecified atom stereocenters. The topological polar surface area (TPSA) is 58.6 Å². The second-order valence-corrected chi connectivity index (χ2v) is 1.25. The number of ether oxygens (including phenoxy) is 1. The molecule has 1 atom stereocenters. The van der Waals surface area contributed by atoms with Gasteiger partial charge in [0.15, 0.2) is 6.29 Å². The summed E-state index contributed by atoms with van der Waals surface area (Å²) in [6.07, 6.45) is -1.66. The number of alkyl carbamates (subject to hydrolysis) is 1. The van der Waals surface area contributed by atoms with Gasteiger partial charge in [-0.15, -0.1) is 0 Å². The zero-order valence-electron chi connectivity index (χ0n) is 4.84. The van der Waals surface area contributed by atoms with Gasteiger partial charge in [-0.25, -0.2) is 4.79 Å². The molecule has 0 rings (SSSR count). The SMILES string of the molecule is CNC(=O)OC(C)O. The van der Waals surface area contributed by atoms with Crippen molar-refractivity contribution < 1.29 is 14.6 Å². The third-order valence-electron chi connectivity index (χ3n) is 0.482. The molecule has 8 heavy (non-hydrogen) atoms. The Morgan fingerprint density at radius 2 is 2.38 bits per heavy atom. The lowest BCUT2D eigenvalue weighted by Gasteiger charge is -2.03. The average Bonchev–Trinajstić information content (AvgIpc) is 1.65. The fourth-order valence-corrected chi connectivity index (χ4v) is 0.214. The third kappa shape index (κ3) is 3.42. The third-order valence-corrected chi connectivity index (χ3v) is 0.482. The zero-order valence-corrected chi connectivity index (χ0v) is 4.84. The molecule has 0 aliphatic carbocycles. The normalized spacial score (nSPS) is 12.4. The molecular formula is C4H9NO3. The van der Waals surface area contributed by atoms with Crippen LogP contribution in [0.4, 0.5) is 4.79 Å². The average molecular weight is 119 g/mol. The second-order valence-electron chi connectivity index (χ2n) is 1.25. The van der Waals surface area contributed by atoms with Gasteiger partial charge in [0.2, 0.25) is 0 Å². The van der Waals surface area contributed by atoms with E-state index in [1.807, 2.05) is 0 Å². The Morgan fingerprint density at radius 1 is 1.88 bits per heavy atom. The Hall–Kier alpha value is -0.770. The summed E-state index contributed by atoms with van der Waals surface area (Å²) in [5.74, 6) is 0. The van der Waals surface area contributed by atoms with Gasteiger partial charge in [0, 0.05) is 7.05 Å².